The van der Waals surface area contributed by atoms with Crippen molar-refractivity contribution in [1.29, 1.82) is 0 Å². The topological polar surface area (TPSA) is 26.3 Å². The second-order valence-electron chi connectivity index (χ2n) is 4.44. The number of carbonyl (C=O) groups is 1. The van der Waals surface area contributed by atoms with Crippen LogP contribution in [0.25, 0.3) is 22.2 Å². The fraction of sp³-hybridized carbons (Fsp3) is 0.118. The van der Waals surface area contributed by atoms with Gasteiger partial charge in [-0.15, -0.1) is 22.7 Å². The van der Waals surface area contributed by atoms with Gasteiger partial charge in [0.25, 0.3) is 0 Å². The molecule has 0 saturated heterocycles. The predicted octanol–water partition coefficient (Wildman–Crippen LogP) is 5.31. The molecule has 2 aromatic heterocycles. The van der Waals surface area contributed by atoms with E-state index in [2.05, 4.69) is 30.3 Å². The molecule has 106 valence electrons. The highest BCUT2D eigenvalue weighted by atomic mass is 32.1. The van der Waals surface area contributed by atoms with Crippen molar-refractivity contribution in [3.05, 3.63) is 57.1 Å². The summed E-state index contributed by atoms with van der Waals surface area (Å²) in [4.78, 5) is 14.5. The molecular formula is C17H14O2S2. The smallest absolute Gasteiger partial charge is 0.348 e. The third-order valence-corrected chi connectivity index (χ3v) is 5.07. The van der Waals surface area contributed by atoms with Crippen molar-refractivity contribution in [3.63, 3.8) is 0 Å². The van der Waals surface area contributed by atoms with Gasteiger partial charge in [-0.1, -0.05) is 18.2 Å². The molecule has 0 bridgehead atoms. The summed E-state index contributed by atoms with van der Waals surface area (Å²) in [6.45, 7) is 2.22. The van der Waals surface area contributed by atoms with Gasteiger partial charge in [-0.2, -0.15) is 0 Å². The highest BCUT2D eigenvalue weighted by molar-refractivity contribution is 7.20. The molecule has 0 aliphatic heterocycles. The molecule has 0 fully saturated rings. The van der Waals surface area contributed by atoms with Crippen LogP contribution in [0.1, 0.15) is 26.3 Å². The number of rotatable bonds is 4. The molecule has 0 unspecified atom stereocenters. The van der Waals surface area contributed by atoms with Crippen LogP contribution < -0.4 is 0 Å². The molecule has 0 aliphatic rings. The molecule has 2 nitrogen and oxygen atoms in total. The van der Waals surface area contributed by atoms with Crippen LogP contribution in [0.4, 0.5) is 0 Å². The summed E-state index contributed by atoms with van der Waals surface area (Å²) in [5, 5.41) is 1.26. The first kappa shape index (κ1) is 14.0. The molecule has 1 aromatic carbocycles. The average molecular weight is 314 g/mol. The maximum Gasteiger partial charge on any atom is 0.348 e. The van der Waals surface area contributed by atoms with Gasteiger partial charge in [0.2, 0.25) is 0 Å². The molecule has 0 radical (unpaired) electrons. The standard InChI is InChI=1S/C17H14O2S2/c1-2-19-17(18)16-10-9-13(20-16)7-8-14-11-12-5-3-4-6-15(12)21-14/h3-11H,2H2,1H3. The molecule has 0 spiro atoms. The first-order chi connectivity index (χ1) is 10.3. The van der Waals surface area contributed by atoms with Crippen molar-refractivity contribution in [3.8, 4) is 0 Å². The summed E-state index contributed by atoms with van der Waals surface area (Å²) in [6, 6.07) is 14.3. The molecule has 3 aromatic rings. The number of carbonyl (C=O) groups excluding carboxylic acids is 1. The molecule has 0 saturated carbocycles. The molecule has 3 rings (SSSR count). The lowest BCUT2D eigenvalue weighted by molar-refractivity contribution is 0.0532. The fourth-order valence-corrected chi connectivity index (χ4v) is 3.77. The number of fused-ring (bicyclic) bond motifs is 1. The Kier molecular flexibility index (Phi) is 4.18. The van der Waals surface area contributed by atoms with Crippen molar-refractivity contribution in [1.82, 2.24) is 0 Å². The second kappa shape index (κ2) is 6.24. The Bertz CT molecular complexity index is 763. The molecule has 0 amide bonds. The van der Waals surface area contributed by atoms with Gasteiger partial charge in [0.05, 0.1) is 6.61 Å². The number of benzene rings is 1. The van der Waals surface area contributed by atoms with Crippen LogP contribution >= 0.6 is 22.7 Å². The van der Waals surface area contributed by atoms with Gasteiger partial charge in [-0.3, -0.25) is 0 Å². The number of ether oxygens (including phenoxy) is 1. The number of hydrogen-bond acceptors (Lipinski definition) is 4. The highest BCUT2D eigenvalue weighted by Crippen LogP contribution is 2.27. The van der Waals surface area contributed by atoms with Crippen LogP contribution in [0.15, 0.2) is 42.5 Å². The zero-order valence-corrected chi connectivity index (χ0v) is 13.2. The minimum atomic E-state index is -0.246. The van der Waals surface area contributed by atoms with Crippen molar-refractivity contribution in [2.75, 3.05) is 6.61 Å². The highest BCUT2D eigenvalue weighted by Gasteiger charge is 2.08. The first-order valence-electron chi connectivity index (χ1n) is 6.70. The zero-order chi connectivity index (χ0) is 14.7. The molecule has 0 atom stereocenters. The first-order valence-corrected chi connectivity index (χ1v) is 8.33. The Morgan fingerprint density at radius 1 is 1.10 bits per heavy atom. The van der Waals surface area contributed by atoms with E-state index in [0.29, 0.717) is 11.5 Å². The van der Waals surface area contributed by atoms with E-state index >= 15 is 0 Å². The Morgan fingerprint density at radius 3 is 2.71 bits per heavy atom. The lowest BCUT2D eigenvalue weighted by atomic mass is 10.2. The summed E-state index contributed by atoms with van der Waals surface area (Å²) >= 11 is 3.21. The number of esters is 1. The SMILES string of the molecule is CCOC(=O)c1ccc(C=Cc2cc3ccccc3s2)s1. The Hall–Kier alpha value is -1.91. The van der Waals surface area contributed by atoms with Crippen molar-refractivity contribution >= 4 is 50.9 Å². The van der Waals surface area contributed by atoms with E-state index < -0.39 is 0 Å². The van der Waals surface area contributed by atoms with E-state index in [1.54, 1.807) is 11.3 Å². The monoisotopic (exact) mass is 314 g/mol. The van der Waals surface area contributed by atoms with Gasteiger partial charge in [-0.05, 0) is 48.7 Å². The van der Waals surface area contributed by atoms with Crippen LogP contribution in [0.2, 0.25) is 0 Å². The van der Waals surface area contributed by atoms with Crippen molar-refractivity contribution < 1.29 is 9.53 Å². The van der Waals surface area contributed by atoms with Gasteiger partial charge < -0.3 is 4.74 Å². The molecule has 0 N–H and O–H groups in total. The fourth-order valence-electron chi connectivity index (χ4n) is 2.00. The number of thiophene rings is 2. The molecule has 2 heterocycles. The Balaban J connectivity index is 1.78. The summed E-state index contributed by atoms with van der Waals surface area (Å²) in [6.07, 6.45) is 4.13. The third-order valence-electron chi connectivity index (χ3n) is 2.96. The van der Waals surface area contributed by atoms with Gasteiger partial charge in [-0.25, -0.2) is 4.79 Å². The second-order valence-corrected chi connectivity index (χ2v) is 6.67. The van der Waals surface area contributed by atoms with E-state index in [1.165, 1.54) is 26.3 Å². The molecule has 21 heavy (non-hydrogen) atoms. The largest absolute Gasteiger partial charge is 0.462 e. The minimum absolute atomic E-state index is 0.246. The lowest BCUT2D eigenvalue weighted by Crippen LogP contribution is -2.01. The molecule has 4 heteroatoms. The van der Waals surface area contributed by atoms with Crippen LogP contribution in [0.5, 0.6) is 0 Å². The van der Waals surface area contributed by atoms with E-state index in [9.17, 15) is 4.79 Å². The van der Waals surface area contributed by atoms with Gasteiger partial charge in [0.15, 0.2) is 0 Å². The van der Waals surface area contributed by atoms with Crippen molar-refractivity contribution in [2.45, 2.75) is 6.92 Å². The molecular weight excluding hydrogens is 300 g/mol. The summed E-state index contributed by atoms with van der Waals surface area (Å²) in [5.74, 6) is -0.246. The summed E-state index contributed by atoms with van der Waals surface area (Å²) in [5.41, 5.74) is 0. The van der Waals surface area contributed by atoms with E-state index in [0.717, 1.165) is 4.88 Å². The van der Waals surface area contributed by atoms with E-state index in [1.807, 2.05) is 31.2 Å². The normalized spacial score (nSPS) is 11.3. The maximum absolute atomic E-state index is 11.6. The van der Waals surface area contributed by atoms with Crippen molar-refractivity contribution in [2.24, 2.45) is 0 Å². The maximum atomic E-state index is 11.6. The lowest BCUT2D eigenvalue weighted by Gasteiger charge is -1.96. The zero-order valence-electron chi connectivity index (χ0n) is 11.5. The van der Waals surface area contributed by atoms with Crippen LogP contribution in [0, 0.1) is 0 Å². The Morgan fingerprint density at radius 2 is 1.90 bits per heavy atom. The van der Waals surface area contributed by atoms with E-state index in [4.69, 9.17) is 4.74 Å². The van der Waals surface area contributed by atoms with Crippen LogP contribution in [-0.2, 0) is 4.74 Å². The Labute approximate surface area is 131 Å². The van der Waals surface area contributed by atoms with Crippen LogP contribution in [-0.4, -0.2) is 12.6 Å². The summed E-state index contributed by atoms with van der Waals surface area (Å²) in [7, 11) is 0. The average Bonchev–Trinajstić information content (AvgIpc) is 3.11. The van der Waals surface area contributed by atoms with Gasteiger partial charge >= 0.3 is 5.97 Å². The van der Waals surface area contributed by atoms with E-state index in [-0.39, 0.29) is 5.97 Å². The third kappa shape index (κ3) is 3.23. The predicted molar refractivity (Wildman–Crippen MR) is 91.0 cm³/mol. The minimum Gasteiger partial charge on any atom is -0.462 e. The summed E-state index contributed by atoms with van der Waals surface area (Å²) < 4.78 is 6.28. The van der Waals surface area contributed by atoms with Gasteiger partial charge in [0.1, 0.15) is 4.88 Å². The van der Waals surface area contributed by atoms with Crippen LogP contribution in [0.3, 0.4) is 0 Å². The quantitative estimate of drug-likeness (QED) is 0.610. The molecule has 0 aliphatic carbocycles. The van der Waals surface area contributed by atoms with Gasteiger partial charge in [0, 0.05) is 14.5 Å². The number of hydrogen-bond donors (Lipinski definition) is 0.